The standard InChI is InChI=1S/C24H37BrN2O2/c1-23-13-11-18-16(7-10-20-24(18,2)14-12-22(29)27(20)3)17(23)8-9-19(23)26-21(28)6-4-5-15-25/h12,14,16-20H,4-11,13,15H2,1-3H3,(H,26,28)/t16-,17-,18-,19-,20+,23-,24+/m0/s1. The number of carbonyl (C=O) groups is 2. The van der Waals surface area contributed by atoms with Crippen molar-refractivity contribution >= 4 is 27.7 Å². The number of hydrogen-bond donors (Lipinski definition) is 1. The van der Waals surface area contributed by atoms with Crippen LogP contribution in [-0.4, -0.2) is 41.2 Å². The van der Waals surface area contributed by atoms with Gasteiger partial charge in [-0.15, -0.1) is 0 Å². The predicted molar refractivity (Wildman–Crippen MR) is 120 cm³/mol. The van der Waals surface area contributed by atoms with Crippen molar-refractivity contribution in [3.05, 3.63) is 12.2 Å². The number of nitrogens with one attached hydrogen (secondary N) is 1. The summed E-state index contributed by atoms with van der Waals surface area (Å²) in [6, 6.07) is 0.679. The molecule has 29 heavy (non-hydrogen) atoms. The summed E-state index contributed by atoms with van der Waals surface area (Å²) in [6.07, 6.45) is 13.9. The van der Waals surface area contributed by atoms with Gasteiger partial charge in [0.1, 0.15) is 0 Å². The van der Waals surface area contributed by atoms with Gasteiger partial charge < -0.3 is 10.2 Å². The third-order valence-corrected chi connectivity index (χ3v) is 9.81. The zero-order chi connectivity index (χ0) is 20.8. The number of halogens is 1. The smallest absolute Gasteiger partial charge is 0.246 e. The molecule has 3 aliphatic carbocycles. The summed E-state index contributed by atoms with van der Waals surface area (Å²) in [4.78, 5) is 26.7. The van der Waals surface area contributed by atoms with Gasteiger partial charge >= 0.3 is 0 Å². The van der Waals surface area contributed by atoms with Crippen molar-refractivity contribution in [3.63, 3.8) is 0 Å². The lowest BCUT2D eigenvalue weighted by Gasteiger charge is -2.60. The zero-order valence-electron chi connectivity index (χ0n) is 18.3. The molecule has 3 saturated carbocycles. The molecule has 5 heteroatoms. The fraction of sp³-hybridized carbons (Fsp3) is 0.833. The topological polar surface area (TPSA) is 49.4 Å². The van der Waals surface area contributed by atoms with Crippen molar-refractivity contribution in [1.82, 2.24) is 10.2 Å². The minimum absolute atomic E-state index is 0.101. The molecule has 2 amide bonds. The number of nitrogens with zero attached hydrogens (tertiary/aromatic N) is 1. The summed E-state index contributed by atoms with van der Waals surface area (Å²) in [6.45, 7) is 4.85. The van der Waals surface area contributed by atoms with Crippen molar-refractivity contribution < 1.29 is 9.59 Å². The van der Waals surface area contributed by atoms with E-state index in [4.69, 9.17) is 0 Å². The summed E-state index contributed by atoms with van der Waals surface area (Å²) in [5.74, 6) is 2.47. The van der Waals surface area contributed by atoms with E-state index in [-0.39, 0.29) is 22.6 Å². The van der Waals surface area contributed by atoms with Gasteiger partial charge in [0.25, 0.3) is 0 Å². The SMILES string of the molecule is CN1C(=O)C=C[C@]2(C)[C@H]3CC[C@]4(C)[C@@H](NC(=O)CCCCBr)CC[C@H]4[C@@H]3CC[C@@H]12. The average molecular weight is 465 g/mol. The molecular weight excluding hydrogens is 428 g/mol. The zero-order valence-corrected chi connectivity index (χ0v) is 19.8. The van der Waals surface area contributed by atoms with Crippen LogP contribution in [0.15, 0.2) is 12.2 Å². The Kier molecular flexibility index (Phi) is 5.91. The molecule has 4 rings (SSSR count). The predicted octanol–water partition coefficient (Wildman–Crippen LogP) is 4.68. The highest BCUT2D eigenvalue weighted by Crippen LogP contribution is 2.63. The second-order valence-electron chi connectivity index (χ2n) is 10.5. The first-order chi connectivity index (χ1) is 13.8. The van der Waals surface area contributed by atoms with E-state index in [0.29, 0.717) is 30.3 Å². The Balaban J connectivity index is 1.49. The maximum absolute atomic E-state index is 12.5. The van der Waals surface area contributed by atoms with Gasteiger partial charge in [-0.25, -0.2) is 0 Å². The highest BCUT2D eigenvalue weighted by molar-refractivity contribution is 9.09. The van der Waals surface area contributed by atoms with Crippen LogP contribution in [0.2, 0.25) is 0 Å². The minimum atomic E-state index is 0.101. The Labute approximate surface area is 184 Å². The summed E-state index contributed by atoms with van der Waals surface area (Å²) < 4.78 is 0. The van der Waals surface area contributed by atoms with Gasteiger partial charge in [-0.1, -0.05) is 35.9 Å². The Morgan fingerprint density at radius 2 is 1.97 bits per heavy atom. The molecule has 0 saturated heterocycles. The van der Waals surface area contributed by atoms with Crippen molar-refractivity contribution in [2.75, 3.05) is 12.4 Å². The summed E-state index contributed by atoms with van der Waals surface area (Å²) in [5, 5.41) is 4.40. The Morgan fingerprint density at radius 3 is 2.72 bits per heavy atom. The molecule has 0 aromatic heterocycles. The highest BCUT2D eigenvalue weighted by Gasteiger charge is 2.60. The quantitative estimate of drug-likeness (QED) is 0.474. The average Bonchev–Trinajstić information content (AvgIpc) is 3.02. The molecule has 4 aliphatic rings. The molecule has 0 bridgehead atoms. The van der Waals surface area contributed by atoms with Gasteiger partial charge in [0, 0.05) is 36.3 Å². The van der Waals surface area contributed by atoms with Crippen LogP contribution in [0.5, 0.6) is 0 Å². The van der Waals surface area contributed by atoms with Gasteiger partial charge in [0.05, 0.1) is 0 Å². The normalized spacial score (nSPS) is 43.5. The first kappa shape index (κ1) is 21.4. The van der Waals surface area contributed by atoms with Crippen molar-refractivity contribution in [1.29, 1.82) is 0 Å². The van der Waals surface area contributed by atoms with E-state index in [1.165, 1.54) is 25.7 Å². The Hall–Kier alpha value is -0.840. The summed E-state index contributed by atoms with van der Waals surface area (Å²) in [7, 11) is 1.98. The third-order valence-electron chi connectivity index (χ3n) is 9.25. The molecule has 0 unspecified atom stereocenters. The van der Waals surface area contributed by atoms with Crippen LogP contribution in [0.3, 0.4) is 0 Å². The molecule has 4 nitrogen and oxygen atoms in total. The lowest BCUT2D eigenvalue weighted by atomic mass is 9.48. The number of fused-ring (bicyclic) bond motifs is 5. The lowest BCUT2D eigenvalue weighted by Crippen LogP contribution is -2.60. The number of likely N-dealkylation sites (N-methyl/N-ethyl adjacent to an activating group) is 1. The maximum Gasteiger partial charge on any atom is 0.246 e. The number of carbonyl (C=O) groups excluding carboxylic acids is 2. The Bertz CT molecular complexity index is 694. The minimum Gasteiger partial charge on any atom is -0.353 e. The fourth-order valence-electron chi connectivity index (χ4n) is 7.62. The molecule has 0 radical (unpaired) electrons. The fourth-order valence-corrected chi connectivity index (χ4v) is 8.02. The maximum atomic E-state index is 12.5. The van der Waals surface area contributed by atoms with E-state index < -0.39 is 0 Å². The van der Waals surface area contributed by atoms with Crippen molar-refractivity contribution in [2.45, 2.75) is 83.7 Å². The molecule has 3 fully saturated rings. The largest absolute Gasteiger partial charge is 0.353 e. The van der Waals surface area contributed by atoms with Crippen molar-refractivity contribution in [3.8, 4) is 0 Å². The van der Waals surface area contributed by atoms with Crippen LogP contribution in [0.25, 0.3) is 0 Å². The Morgan fingerprint density at radius 1 is 1.17 bits per heavy atom. The molecular formula is C24H37BrN2O2. The van der Waals surface area contributed by atoms with E-state index in [9.17, 15) is 9.59 Å². The number of amides is 2. The second kappa shape index (κ2) is 8.01. The highest BCUT2D eigenvalue weighted by atomic mass is 79.9. The first-order valence-corrected chi connectivity index (χ1v) is 12.7. The van der Waals surface area contributed by atoms with Crippen LogP contribution in [0.4, 0.5) is 0 Å². The molecule has 1 N–H and O–H groups in total. The molecule has 1 aliphatic heterocycles. The van der Waals surface area contributed by atoms with E-state index in [1.807, 2.05) is 18.0 Å². The number of rotatable bonds is 5. The van der Waals surface area contributed by atoms with Gasteiger partial charge in [-0.2, -0.15) is 0 Å². The van der Waals surface area contributed by atoms with Gasteiger partial charge in [-0.3, -0.25) is 9.59 Å². The molecule has 162 valence electrons. The van der Waals surface area contributed by atoms with E-state index in [0.717, 1.165) is 36.9 Å². The molecule has 0 aromatic rings. The van der Waals surface area contributed by atoms with Crippen LogP contribution in [0, 0.1) is 28.6 Å². The number of alkyl halides is 1. The van der Waals surface area contributed by atoms with Gasteiger partial charge in [0.15, 0.2) is 0 Å². The van der Waals surface area contributed by atoms with Gasteiger partial charge in [0.2, 0.25) is 11.8 Å². The lowest BCUT2D eigenvalue weighted by molar-refractivity contribution is -0.138. The molecule has 0 spiro atoms. The molecule has 0 aromatic carbocycles. The van der Waals surface area contributed by atoms with Gasteiger partial charge in [-0.05, 0) is 80.6 Å². The summed E-state index contributed by atoms with van der Waals surface area (Å²) in [5.41, 5.74) is 0.333. The third kappa shape index (κ3) is 3.49. The van der Waals surface area contributed by atoms with Crippen LogP contribution in [0.1, 0.15) is 71.6 Å². The van der Waals surface area contributed by atoms with E-state index in [2.05, 4.69) is 41.2 Å². The number of unbranched alkanes of at least 4 members (excludes halogenated alkanes) is 1. The second-order valence-corrected chi connectivity index (χ2v) is 11.3. The monoisotopic (exact) mass is 464 g/mol. The molecule has 1 heterocycles. The van der Waals surface area contributed by atoms with Crippen LogP contribution in [-0.2, 0) is 9.59 Å². The van der Waals surface area contributed by atoms with Crippen molar-refractivity contribution in [2.24, 2.45) is 28.6 Å². The van der Waals surface area contributed by atoms with Crippen LogP contribution >= 0.6 is 15.9 Å². The summed E-state index contributed by atoms with van der Waals surface area (Å²) >= 11 is 3.45. The van der Waals surface area contributed by atoms with E-state index in [1.54, 1.807) is 0 Å². The number of hydrogen-bond acceptors (Lipinski definition) is 2. The first-order valence-electron chi connectivity index (χ1n) is 11.6. The van der Waals surface area contributed by atoms with Crippen LogP contribution < -0.4 is 5.32 Å². The molecule has 7 atom stereocenters. The van der Waals surface area contributed by atoms with E-state index >= 15 is 0 Å².